The number of aliphatic carboxylic acids is 1. The predicted molar refractivity (Wildman–Crippen MR) is 61.1 cm³/mol. The second-order valence-electron chi connectivity index (χ2n) is 4.07. The van der Waals surface area contributed by atoms with E-state index in [4.69, 9.17) is 10.8 Å². The maximum Gasteiger partial charge on any atom is 0.305 e. The monoisotopic (exact) mass is 223 g/mol. The maximum atomic E-state index is 10.5. The van der Waals surface area contributed by atoms with E-state index in [2.05, 4.69) is 0 Å². The lowest BCUT2D eigenvalue weighted by molar-refractivity contribution is -0.138. The molecule has 4 nitrogen and oxygen atoms in total. The molecule has 0 aromatic heterocycles. The summed E-state index contributed by atoms with van der Waals surface area (Å²) in [5.74, 6) is -1.00. The van der Waals surface area contributed by atoms with E-state index in [1.807, 2.05) is 32.0 Å². The first-order valence-corrected chi connectivity index (χ1v) is 5.14. The summed E-state index contributed by atoms with van der Waals surface area (Å²) in [5.41, 5.74) is 8.27. The van der Waals surface area contributed by atoms with Gasteiger partial charge in [0.25, 0.3) is 0 Å². The van der Waals surface area contributed by atoms with Crippen LogP contribution in [0.2, 0.25) is 0 Å². The Hall–Kier alpha value is -1.39. The lowest BCUT2D eigenvalue weighted by Gasteiger charge is -2.19. The topological polar surface area (TPSA) is 83.5 Å². The molecule has 0 amide bonds. The molecule has 4 heteroatoms. The lowest BCUT2D eigenvalue weighted by atomic mass is 9.95. The van der Waals surface area contributed by atoms with Gasteiger partial charge in [0.15, 0.2) is 0 Å². The first-order chi connectivity index (χ1) is 7.41. The fraction of sp³-hybridized carbons (Fsp3) is 0.417. The van der Waals surface area contributed by atoms with Gasteiger partial charge in [0, 0.05) is 6.04 Å². The van der Waals surface area contributed by atoms with E-state index >= 15 is 0 Å². The molecule has 88 valence electrons. The minimum absolute atomic E-state index is 0.242. The van der Waals surface area contributed by atoms with Crippen molar-refractivity contribution in [2.75, 3.05) is 0 Å². The van der Waals surface area contributed by atoms with Gasteiger partial charge in [-0.2, -0.15) is 0 Å². The number of carboxylic acids is 1. The highest BCUT2D eigenvalue weighted by Crippen LogP contribution is 2.22. The summed E-state index contributed by atoms with van der Waals surface area (Å²) in [6.07, 6.45) is -1.18. The summed E-state index contributed by atoms with van der Waals surface area (Å²) in [6, 6.07) is 4.88. The number of hydrogen-bond acceptors (Lipinski definition) is 3. The molecule has 16 heavy (non-hydrogen) atoms. The summed E-state index contributed by atoms with van der Waals surface area (Å²) < 4.78 is 0. The SMILES string of the molecule is Cc1ccc(C)c(C(O)C(N)CC(=O)O)c1. The molecule has 1 aromatic rings. The quantitative estimate of drug-likeness (QED) is 0.714. The van der Waals surface area contributed by atoms with Gasteiger partial charge >= 0.3 is 5.97 Å². The van der Waals surface area contributed by atoms with Crippen molar-refractivity contribution >= 4 is 5.97 Å². The van der Waals surface area contributed by atoms with E-state index in [9.17, 15) is 9.90 Å². The Kier molecular flexibility index (Phi) is 4.04. The van der Waals surface area contributed by atoms with Crippen LogP contribution in [0.25, 0.3) is 0 Å². The van der Waals surface area contributed by atoms with Gasteiger partial charge in [-0.05, 0) is 25.0 Å². The molecule has 2 atom stereocenters. The minimum atomic E-state index is -1.00. The van der Waals surface area contributed by atoms with Crippen LogP contribution in [-0.2, 0) is 4.79 Å². The zero-order valence-electron chi connectivity index (χ0n) is 9.47. The summed E-state index contributed by atoms with van der Waals surface area (Å²) in [4.78, 5) is 10.5. The molecule has 1 rings (SSSR count). The van der Waals surface area contributed by atoms with Crippen LogP contribution in [0.5, 0.6) is 0 Å². The molecule has 0 saturated heterocycles. The second kappa shape index (κ2) is 5.09. The molecule has 0 saturated carbocycles. The third-order valence-corrected chi connectivity index (χ3v) is 2.57. The lowest BCUT2D eigenvalue weighted by Crippen LogP contribution is -2.31. The van der Waals surface area contributed by atoms with Crippen LogP contribution in [0.1, 0.15) is 29.2 Å². The van der Waals surface area contributed by atoms with Crippen molar-refractivity contribution < 1.29 is 15.0 Å². The molecule has 0 aliphatic carbocycles. The van der Waals surface area contributed by atoms with Gasteiger partial charge in [-0.15, -0.1) is 0 Å². The van der Waals surface area contributed by atoms with Gasteiger partial charge in [0.1, 0.15) is 0 Å². The van der Waals surface area contributed by atoms with Crippen LogP contribution in [0.3, 0.4) is 0 Å². The van der Waals surface area contributed by atoms with E-state index in [-0.39, 0.29) is 6.42 Å². The summed E-state index contributed by atoms with van der Waals surface area (Å²) in [5, 5.41) is 18.6. The number of aryl methyl sites for hydroxylation is 2. The van der Waals surface area contributed by atoms with Gasteiger partial charge in [-0.1, -0.05) is 23.8 Å². The Bertz CT molecular complexity index is 390. The van der Waals surface area contributed by atoms with Crippen molar-refractivity contribution in [2.24, 2.45) is 5.73 Å². The standard InChI is InChI=1S/C12H17NO3/c1-7-3-4-8(2)9(5-7)12(16)10(13)6-11(14)15/h3-5,10,12,16H,6,13H2,1-2H3,(H,14,15). The molecule has 0 heterocycles. The predicted octanol–water partition coefficient (Wildman–Crippen LogP) is 1.14. The fourth-order valence-corrected chi connectivity index (χ4v) is 1.62. The fourth-order valence-electron chi connectivity index (χ4n) is 1.62. The molecular formula is C12H17NO3. The average Bonchev–Trinajstić information content (AvgIpc) is 2.19. The number of aliphatic hydroxyl groups excluding tert-OH is 1. The van der Waals surface area contributed by atoms with Crippen molar-refractivity contribution in [1.29, 1.82) is 0 Å². The Morgan fingerprint density at radius 3 is 2.62 bits per heavy atom. The number of nitrogens with two attached hydrogens (primary N) is 1. The zero-order valence-corrected chi connectivity index (χ0v) is 9.47. The van der Waals surface area contributed by atoms with Crippen molar-refractivity contribution in [2.45, 2.75) is 32.4 Å². The van der Waals surface area contributed by atoms with Crippen LogP contribution >= 0.6 is 0 Å². The highest BCUT2D eigenvalue weighted by molar-refractivity contribution is 5.67. The molecule has 0 fully saturated rings. The Morgan fingerprint density at radius 1 is 1.44 bits per heavy atom. The number of aliphatic hydroxyl groups is 1. The van der Waals surface area contributed by atoms with E-state index in [0.717, 1.165) is 11.1 Å². The Labute approximate surface area is 94.7 Å². The number of carboxylic acid groups (broad SMARTS) is 1. The number of carbonyl (C=O) groups is 1. The normalized spacial score (nSPS) is 14.5. The molecule has 0 aliphatic heterocycles. The second-order valence-corrected chi connectivity index (χ2v) is 4.07. The maximum absolute atomic E-state index is 10.5. The molecular weight excluding hydrogens is 206 g/mol. The third-order valence-electron chi connectivity index (χ3n) is 2.57. The van der Waals surface area contributed by atoms with Crippen molar-refractivity contribution in [3.05, 3.63) is 34.9 Å². The molecule has 0 aliphatic rings. The first kappa shape index (κ1) is 12.7. The van der Waals surface area contributed by atoms with Crippen molar-refractivity contribution in [1.82, 2.24) is 0 Å². The molecule has 0 spiro atoms. The molecule has 0 radical (unpaired) electrons. The highest BCUT2D eigenvalue weighted by atomic mass is 16.4. The van der Waals surface area contributed by atoms with Crippen LogP contribution in [0.15, 0.2) is 18.2 Å². The van der Waals surface area contributed by atoms with Gasteiger partial charge < -0.3 is 15.9 Å². The minimum Gasteiger partial charge on any atom is -0.481 e. The number of hydrogen-bond donors (Lipinski definition) is 3. The highest BCUT2D eigenvalue weighted by Gasteiger charge is 2.21. The van der Waals surface area contributed by atoms with E-state index in [1.165, 1.54) is 0 Å². The van der Waals surface area contributed by atoms with Crippen molar-refractivity contribution in [3.63, 3.8) is 0 Å². The van der Waals surface area contributed by atoms with Crippen LogP contribution in [-0.4, -0.2) is 22.2 Å². The van der Waals surface area contributed by atoms with E-state index < -0.39 is 18.1 Å². The molecule has 2 unspecified atom stereocenters. The van der Waals surface area contributed by atoms with Crippen LogP contribution < -0.4 is 5.73 Å². The summed E-state index contributed by atoms with van der Waals surface area (Å²) in [7, 11) is 0. The first-order valence-electron chi connectivity index (χ1n) is 5.14. The summed E-state index contributed by atoms with van der Waals surface area (Å²) >= 11 is 0. The molecule has 0 bridgehead atoms. The van der Waals surface area contributed by atoms with Gasteiger partial charge in [0.05, 0.1) is 12.5 Å². The zero-order chi connectivity index (χ0) is 12.3. The molecule has 4 N–H and O–H groups in total. The van der Waals surface area contributed by atoms with Gasteiger partial charge in [-0.3, -0.25) is 4.79 Å². The van der Waals surface area contributed by atoms with Gasteiger partial charge in [-0.25, -0.2) is 0 Å². The van der Waals surface area contributed by atoms with Crippen LogP contribution in [0.4, 0.5) is 0 Å². The Balaban J connectivity index is 2.90. The van der Waals surface area contributed by atoms with E-state index in [1.54, 1.807) is 0 Å². The van der Waals surface area contributed by atoms with Gasteiger partial charge in [0.2, 0.25) is 0 Å². The largest absolute Gasteiger partial charge is 0.481 e. The van der Waals surface area contributed by atoms with Crippen LogP contribution in [0, 0.1) is 13.8 Å². The molecule has 1 aromatic carbocycles. The number of benzene rings is 1. The Morgan fingerprint density at radius 2 is 2.06 bits per heavy atom. The van der Waals surface area contributed by atoms with E-state index in [0.29, 0.717) is 5.56 Å². The summed E-state index contributed by atoms with van der Waals surface area (Å²) in [6.45, 7) is 3.78. The smallest absolute Gasteiger partial charge is 0.305 e. The number of rotatable bonds is 4. The third kappa shape index (κ3) is 3.05. The van der Waals surface area contributed by atoms with Crippen molar-refractivity contribution in [3.8, 4) is 0 Å². The average molecular weight is 223 g/mol.